The van der Waals surface area contributed by atoms with Gasteiger partial charge in [-0.1, -0.05) is 0 Å². The summed E-state index contributed by atoms with van der Waals surface area (Å²) in [7, 11) is 1.85. The minimum atomic E-state index is -0.0619. The fourth-order valence-electron chi connectivity index (χ4n) is 2.23. The Balaban J connectivity index is 1.53. The van der Waals surface area contributed by atoms with Gasteiger partial charge in [-0.3, -0.25) is 4.79 Å². The maximum Gasteiger partial charge on any atom is 0.251 e. The average Bonchev–Trinajstić information content (AvgIpc) is 3.26. The lowest BCUT2D eigenvalue weighted by Crippen LogP contribution is -2.25. The van der Waals surface area contributed by atoms with E-state index >= 15 is 0 Å². The molecule has 0 spiro atoms. The molecule has 0 radical (unpaired) electrons. The number of aromatic nitrogens is 2. The van der Waals surface area contributed by atoms with Crippen molar-refractivity contribution in [3.8, 4) is 5.69 Å². The van der Waals surface area contributed by atoms with Crippen LogP contribution in [-0.4, -0.2) is 29.1 Å². The van der Waals surface area contributed by atoms with Crippen LogP contribution in [0.5, 0.6) is 0 Å². The van der Waals surface area contributed by atoms with Gasteiger partial charge in [0.1, 0.15) is 0 Å². The van der Waals surface area contributed by atoms with Gasteiger partial charge in [0, 0.05) is 49.0 Å². The number of hydrogen-bond acceptors (Lipinski definition) is 4. The molecular weight excluding hydrogens is 308 g/mol. The van der Waals surface area contributed by atoms with Crippen molar-refractivity contribution >= 4 is 22.4 Å². The molecule has 6 heteroatoms. The number of benzene rings is 1. The van der Waals surface area contributed by atoms with Crippen molar-refractivity contribution in [3.05, 3.63) is 65.4 Å². The van der Waals surface area contributed by atoms with E-state index in [1.165, 1.54) is 0 Å². The fourth-order valence-corrected chi connectivity index (χ4v) is 2.94. The van der Waals surface area contributed by atoms with E-state index in [-0.39, 0.29) is 5.91 Å². The van der Waals surface area contributed by atoms with Crippen LogP contribution in [-0.2, 0) is 6.42 Å². The summed E-state index contributed by atoms with van der Waals surface area (Å²) >= 11 is 1.57. The third kappa shape index (κ3) is 3.78. The van der Waals surface area contributed by atoms with Gasteiger partial charge in [-0.2, -0.15) is 0 Å². The Labute approximate surface area is 139 Å². The van der Waals surface area contributed by atoms with Crippen LogP contribution in [0.15, 0.2) is 54.2 Å². The summed E-state index contributed by atoms with van der Waals surface area (Å²) in [6.07, 6.45) is 4.68. The Kier molecular flexibility index (Phi) is 4.73. The van der Waals surface area contributed by atoms with E-state index in [2.05, 4.69) is 15.6 Å². The van der Waals surface area contributed by atoms with Gasteiger partial charge in [0.15, 0.2) is 5.13 Å². The van der Waals surface area contributed by atoms with Gasteiger partial charge in [-0.15, -0.1) is 11.3 Å². The first kappa shape index (κ1) is 15.3. The lowest BCUT2D eigenvalue weighted by Gasteiger charge is -2.06. The summed E-state index contributed by atoms with van der Waals surface area (Å²) in [4.78, 5) is 16.5. The Morgan fingerprint density at radius 2 is 1.96 bits per heavy atom. The first-order valence-electron chi connectivity index (χ1n) is 7.40. The van der Waals surface area contributed by atoms with Crippen LogP contribution in [0.1, 0.15) is 16.1 Å². The molecule has 1 aromatic carbocycles. The standard InChI is InChI=1S/C17H18N4OS/c1-18-17-20-14(12-23-17)8-9-19-16(22)13-4-6-15(7-5-13)21-10-2-3-11-21/h2-7,10-12H,8-9H2,1H3,(H,18,20)(H,19,22). The van der Waals surface area contributed by atoms with Crippen molar-refractivity contribution in [2.45, 2.75) is 6.42 Å². The van der Waals surface area contributed by atoms with Crippen LogP contribution in [0.25, 0.3) is 5.69 Å². The first-order valence-corrected chi connectivity index (χ1v) is 8.28. The molecule has 0 saturated heterocycles. The molecule has 2 heterocycles. The number of rotatable bonds is 6. The summed E-state index contributed by atoms with van der Waals surface area (Å²) in [5.74, 6) is -0.0619. The minimum absolute atomic E-state index is 0.0619. The highest BCUT2D eigenvalue weighted by Crippen LogP contribution is 2.14. The van der Waals surface area contributed by atoms with E-state index in [1.54, 1.807) is 11.3 Å². The van der Waals surface area contributed by atoms with Crippen LogP contribution in [0.3, 0.4) is 0 Å². The number of thiazole rings is 1. The molecule has 0 aliphatic rings. The summed E-state index contributed by atoms with van der Waals surface area (Å²) in [6, 6.07) is 11.5. The highest BCUT2D eigenvalue weighted by atomic mass is 32.1. The number of nitrogens with one attached hydrogen (secondary N) is 2. The second-order valence-corrected chi connectivity index (χ2v) is 5.90. The number of hydrogen-bond donors (Lipinski definition) is 2. The topological polar surface area (TPSA) is 59.0 Å². The largest absolute Gasteiger partial charge is 0.365 e. The van der Waals surface area contributed by atoms with Gasteiger partial charge in [0.05, 0.1) is 5.69 Å². The highest BCUT2D eigenvalue weighted by molar-refractivity contribution is 7.13. The molecule has 0 aliphatic carbocycles. The zero-order valence-electron chi connectivity index (χ0n) is 12.8. The number of anilines is 1. The fraction of sp³-hybridized carbons (Fsp3) is 0.176. The van der Waals surface area contributed by atoms with E-state index in [0.29, 0.717) is 12.1 Å². The molecule has 0 bridgehead atoms. The summed E-state index contributed by atoms with van der Waals surface area (Å²) in [6.45, 7) is 0.574. The van der Waals surface area contributed by atoms with E-state index in [0.717, 1.165) is 22.9 Å². The first-order chi connectivity index (χ1) is 11.3. The van der Waals surface area contributed by atoms with E-state index in [9.17, 15) is 4.79 Å². The van der Waals surface area contributed by atoms with Gasteiger partial charge in [-0.25, -0.2) is 4.98 Å². The Morgan fingerprint density at radius 3 is 2.61 bits per heavy atom. The predicted octanol–water partition coefficient (Wildman–Crippen LogP) is 2.95. The SMILES string of the molecule is CNc1nc(CCNC(=O)c2ccc(-n3cccc3)cc2)cs1. The molecule has 5 nitrogen and oxygen atoms in total. The predicted molar refractivity (Wildman–Crippen MR) is 93.5 cm³/mol. The van der Waals surface area contributed by atoms with Gasteiger partial charge in [0.25, 0.3) is 5.91 Å². The van der Waals surface area contributed by atoms with E-state index in [1.807, 2.05) is 65.8 Å². The number of nitrogens with zero attached hydrogens (tertiary/aromatic N) is 2. The number of amides is 1. The zero-order valence-corrected chi connectivity index (χ0v) is 13.6. The van der Waals surface area contributed by atoms with Crippen LogP contribution < -0.4 is 10.6 Å². The molecule has 0 unspecified atom stereocenters. The Hall–Kier alpha value is -2.60. The second kappa shape index (κ2) is 7.11. The monoisotopic (exact) mass is 326 g/mol. The Bertz CT molecular complexity index is 762. The van der Waals surface area contributed by atoms with Crippen molar-refractivity contribution < 1.29 is 4.79 Å². The van der Waals surface area contributed by atoms with Gasteiger partial charge >= 0.3 is 0 Å². The normalized spacial score (nSPS) is 10.5. The lowest BCUT2D eigenvalue weighted by atomic mass is 10.2. The summed E-state index contributed by atoms with van der Waals surface area (Å²) in [5.41, 5.74) is 2.69. The second-order valence-electron chi connectivity index (χ2n) is 5.04. The molecular formula is C17H18N4OS. The van der Waals surface area contributed by atoms with E-state index < -0.39 is 0 Å². The molecule has 3 rings (SSSR count). The van der Waals surface area contributed by atoms with Crippen molar-refractivity contribution in [2.24, 2.45) is 0 Å². The molecule has 2 N–H and O–H groups in total. The average molecular weight is 326 g/mol. The molecule has 0 fully saturated rings. The van der Waals surface area contributed by atoms with Crippen LogP contribution in [0.4, 0.5) is 5.13 Å². The quantitative estimate of drug-likeness (QED) is 0.732. The van der Waals surface area contributed by atoms with Crippen LogP contribution in [0.2, 0.25) is 0 Å². The molecule has 0 aliphatic heterocycles. The molecule has 118 valence electrons. The van der Waals surface area contributed by atoms with Crippen molar-refractivity contribution in [3.63, 3.8) is 0 Å². The third-order valence-electron chi connectivity index (χ3n) is 3.46. The van der Waals surface area contributed by atoms with Gasteiger partial charge in [0.2, 0.25) is 0 Å². The summed E-state index contributed by atoms with van der Waals surface area (Å²) < 4.78 is 2.00. The van der Waals surface area contributed by atoms with Crippen LogP contribution >= 0.6 is 11.3 Å². The molecule has 0 saturated carbocycles. The lowest BCUT2D eigenvalue weighted by molar-refractivity contribution is 0.0954. The zero-order chi connectivity index (χ0) is 16.1. The van der Waals surface area contributed by atoms with Crippen molar-refractivity contribution in [1.29, 1.82) is 0 Å². The third-order valence-corrected chi connectivity index (χ3v) is 4.37. The molecule has 23 heavy (non-hydrogen) atoms. The molecule has 3 aromatic rings. The van der Waals surface area contributed by atoms with Crippen molar-refractivity contribution in [1.82, 2.24) is 14.9 Å². The highest BCUT2D eigenvalue weighted by Gasteiger charge is 2.06. The smallest absolute Gasteiger partial charge is 0.251 e. The molecule has 2 aromatic heterocycles. The van der Waals surface area contributed by atoms with Crippen LogP contribution in [0, 0.1) is 0 Å². The maximum absolute atomic E-state index is 12.1. The minimum Gasteiger partial charge on any atom is -0.365 e. The van der Waals surface area contributed by atoms with Gasteiger partial charge < -0.3 is 15.2 Å². The molecule has 1 amide bonds. The molecule has 0 atom stereocenters. The van der Waals surface area contributed by atoms with Gasteiger partial charge in [-0.05, 0) is 36.4 Å². The maximum atomic E-state index is 12.1. The summed E-state index contributed by atoms with van der Waals surface area (Å²) in [5, 5.41) is 8.83. The Morgan fingerprint density at radius 1 is 1.22 bits per heavy atom. The van der Waals surface area contributed by atoms with E-state index in [4.69, 9.17) is 0 Å². The van der Waals surface area contributed by atoms with Crippen molar-refractivity contribution in [2.75, 3.05) is 18.9 Å². The number of carbonyl (C=O) groups excluding carboxylic acids is 1. The number of carbonyl (C=O) groups is 1.